The molecule has 0 aromatic carbocycles. The highest BCUT2D eigenvalue weighted by molar-refractivity contribution is 5.97. The number of rotatable bonds is 6. The van der Waals surface area contributed by atoms with E-state index in [1.807, 2.05) is 30.1 Å². The Morgan fingerprint density at radius 1 is 1.29 bits per heavy atom. The second-order valence-electron chi connectivity index (χ2n) is 5.73. The van der Waals surface area contributed by atoms with Crippen LogP contribution in [0, 0.1) is 19.8 Å². The number of aryl methyl sites for hydroxylation is 1. The van der Waals surface area contributed by atoms with Gasteiger partial charge in [-0.2, -0.15) is 10.2 Å². The van der Waals surface area contributed by atoms with Crippen LogP contribution in [0.25, 0.3) is 0 Å². The minimum Gasteiger partial charge on any atom is -0.294 e. The summed E-state index contributed by atoms with van der Waals surface area (Å²) in [5, 5.41) is 8.75. The summed E-state index contributed by atoms with van der Waals surface area (Å²) >= 11 is 0. The van der Waals surface area contributed by atoms with Gasteiger partial charge in [0.25, 0.3) is 0 Å². The number of Topliss-reactive ketones (excluding diaryl/α,β-unsaturated/α-hetero) is 1. The predicted octanol–water partition coefficient (Wildman–Crippen LogP) is 2.39. The van der Waals surface area contributed by atoms with Crippen molar-refractivity contribution in [2.75, 3.05) is 0 Å². The van der Waals surface area contributed by atoms with Crippen LogP contribution in [-0.4, -0.2) is 30.3 Å². The van der Waals surface area contributed by atoms with Gasteiger partial charge in [0.15, 0.2) is 5.78 Å². The third kappa shape index (κ3) is 3.20. The standard InChI is InChI=1S/C15H23N5O/c1-6-13(21)15-11(4)18-19(12(15)5)8-14-16-9-17-20(14)7-10(2)3/h9-10H,6-8H2,1-5H3. The highest BCUT2D eigenvalue weighted by Gasteiger charge is 2.18. The second kappa shape index (κ2) is 6.20. The van der Waals surface area contributed by atoms with Crippen LogP contribution in [-0.2, 0) is 13.1 Å². The normalized spacial score (nSPS) is 11.3. The molecule has 0 aliphatic heterocycles. The first-order valence-corrected chi connectivity index (χ1v) is 7.37. The Morgan fingerprint density at radius 2 is 2.00 bits per heavy atom. The first kappa shape index (κ1) is 15.4. The van der Waals surface area contributed by atoms with Crippen LogP contribution in [0.2, 0.25) is 0 Å². The smallest absolute Gasteiger partial charge is 0.166 e. The van der Waals surface area contributed by atoms with E-state index in [-0.39, 0.29) is 5.78 Å². The molecule has 114 valence electrons. The molecule has 0 fully saturated rings. The second-order valence-corrected chi connectivity index (χ2v) is 5.73. The van der Waals surface area contributed by atoms with Crippen LogP contribution in [0.15, 0.2) is 6.33 Å². The third-order valence-corrected chi connectivity index (χ3v) is 3.51. The average Bonchev–Trinajstić information content (AvgIpc) is 2.94. The van der Waals surface area contributed by atoms with Gasteiger partial charge in [0.2, 0.25) is 0 Å². The van der Waals surface area contributed by atoms with Crippen molar-refractivity contribution in [1.82, 2.24) is 24.5 Å². The van der Waals surface area contributed by atoms with Gasteiger partial charge in [-0.25, -0.2) is 9.67 Å². The van der Waals surface area contributed by atoms with Crippen molar-refractivity contribution in [3.05, 3.63) is 29.1 Å². The van der Waals surface area contributed by atoms with E-state index in [1.54, 1.807) is 6.33 Å². The average molecular weight is 289 g/mol. The van der Waals surface area contributed by atoms with Gasteiger partial charge in [0.05, 0.1) is 11.3 Å². The first-order valence-electron chi connectivity index (χ1n) is 7.37. The Morgan fingerprint density at radius 3 is 2.62 bits per heavy atom. The lowest BCUT2D eigenvalue weighted by Crippen LogP contribution is -2.15. The number of ketones is 1. The summed E-state index contributed by atoms with van der Waals surface area (Å²) in [5.74, 6) is 1.51. The van der Waals surface area contributed by atoms with E-state index in [0.717, 1.165) is 29.3 Å². The number of carbonyl (C=O) groups is 1. The molecule has 0 aliphatic carbocycles. The van der Waals surface area contributed by atoms with E-state index >= 15 is 0 Å². The van der Waals surface area contributed by atoms with Gasteiger partial charge in [-0.05, 0) is 19.8 Å². The highest BCUT2D eigenvalue weighted by atomic mass is 16.1. The lowest BCUT2D eigenvalue weighted by molar-refractivity contribution is 0.0987. The Bertz CT molecular complexity index is 639. The molecule has 0 saturated carbocycles. The van der Waals surface area contributed by atoms with Crippen LogP contribution >= 0.6 is 0 Å². The fourth-order valence-electron chi connectivity index (χ4n) is 2.47. The zero-order chi connectivity index (χ0) is 15.6. The van der Waals surface area contributed by atoms with Gasteiger partial charge >= 0.3 is 0 Å². The summed E-state index contributed by atoms with van der Waals surface area (Å²) in [4.78, 5) is 16.3. The van der Waals surface area contributed by atoms with Crippen molar-refractivity contribution in [3.8, 4) is 0 Å². The van der Waals surface area contributed by atoms with Gasteiger partial charge in [-0.15, -0.1) is 0 Å². The fourth-order valence-corrected chi connectivity index (χ4v) is 2.47. The van der Waals surface area contributed by atoms with Gasteiger partial charge in [0.1, 0.15) is 18.7 Å². The Labute approximate surface area is 125 Å². The number of hydrogen-bond donors (Lipinski definition) is 0. The molecule has 6 nitrogen and oxygen atoms in total. The highest BCUT2D eigenvalue weighted by Crippen LogP contribution is 2.16. The summed E-state index contributed by atoms with van der Waals surface area (Å²) in [6.45, 7) is 11.3. The molecule has 0 aliphatic rings. The molecule has 0 N–H and O–H groups in total. The molecule has 6 heteroatoms. The third-order valence-electron chi connectivity index (χ3n) is 3.51. The van der Waals surface area contributed by atoms with Crippen LogP contribution in [0.1, 0.15) is 54.8 Å². The van der Waals surface area contributed by atoms with E-state index < -0.39 is 0 Å². The summed E-state index contributed by atoms with van der Waals surface area (Å²) in [6, 6.07) is 0. The molecule has 0 bridgehead atoms. The van der Waals surface area contributed by atoms with Gasteiger partial charge < -0.3 is 0 Å². The molecular formula is C15H23N5O. The van der Waals surface area contributed by atoms with Crippen LogP contribution in [0.4, 0.5) is 0 Å². The minimum absolute atomic E-state index is 0.139. The summed E-state index contributed by atoms with van der Waals surface area (Å²) in [7, 11) is 0. The molecule has 0 saturated heterocycles. The summed E-state index contributed by atoms with van der Waals surface area (Å²) < 4.78 is 3.75. The Balaban J connectivity index is 2.29. The zero-order valence-electron chi connectivity index (χ0n) is 13.4. The van der Waals surface area contributed by atoms with E-state index in [1.165, 1.54) is 0 Å². The monoisotopic (exact) mass is 289 g/mol. The molecule has 0 atom stereocenters. The van der Waals surface area contributed by atoms with Gasteiger partial charge in [0, 0.05) is 18.7 Å². The Hall–Kier alpha value is -1.98. The molecule has 2 aromatic heterocycles. The molecular weight excluding hydrogens is 266 g/mol. The van der Waals surface area contributed by atoms with E-state index in [4.69, 9.17) is 0 Å². The van der Waals surface area contributed by atoms with E-state index in [9.17, 15) is 4.79 Å². The SMILES string of the molecule is CCC(=O)c1c(C)nn(Cc2ncnn2CC(C)C)c1C. The van der Waals surface area contributed by atoms with Crippen molar-refractivity contribution in [1.29, 1.82) is 0 Å². The summed E-state index contributed by atoms with van der Waals surface area (Å²) in [6.07, 6.45) is 2.07. The van der Waals surface area contributed by atoms with Crippen LogP contribution < -0.4 is 0 Å². The Kier molecular flexibility index (Phi) is 4.55. The van der Waals surface area contributed by atoms with Crippen molar-refractivity contribution in [2.45, 2.75) is 54.1 Å². The minimum atomic E-state index is 0.139. The maximum Gasteiger partial charge on any atom is 0.166 e. The van der Waals surface area contributed by atoms with Gasteiger partial charge in [-0.1, -0.05) is 20.8 Å². The molecule has 2 heterocycles. The maximum atomic E-state index is 12.0. The number of hydrogen-bond acceptors (Lipinski definition) is 4. The summed E-state index contributed by atoms with van der Waals surface area (Å²) in [5.41, 5.74) is 2.43. The molecule has 0 unspecified atom stereocenters. The number of nitrogens with zero attached hydrogens (tertiary/aromatic N) is 5. The first-order chi connectivity index (χ1) is 9.93. The molecule has 0 amide bonds. The predicted molar refractivity (Wildman–Crippen MR) is 80.3 cm³/mol. The van der Waals surface area contributed by atoms with Crippen molar-refractivity contribution in [2.24, 2.45) is 5.92 Å². The fraction of sp³-hybridized carbons (Fsp3) is 0.600. The molecule has 21 heavy (non-hydrogen) atoms. The topological polar surface area (TPSA) is 65.6 Å². The molecule has 2 aromatic rings. The lowest BCUT2D eigenvalue weighted by Gasteiger charge is -2.09. The van der Waals surface area contributed by atoms with Crippen molar-refractivity contribution < 1.29 is 4.79 Å². The molecule has 0 radical (unpaired) electrons. The van der Waals surface area contributed by atoms with Gasteiger partial charge in [-0.3, -0.25) is 9.48 Å². The van der Waals surface area contributed by atoms with Crippen LogP contribution in [0.5, 0.6) is 0 Å². The van der Waals surface area contributed by atoms with Crippen molar-refractivity contribution >= 4 is 5.78 Å². The van der Waals surface area contributed by atoms with Crippen LogP contribution in [0.3, 0.4) is 0 Å². The lowest BCUT2D eigenvalue weighted by atomic mass is 10.1. The quantitative estimate of drug-likeness (QED) is 0.766. The largest absolute Gasteiger partial charge is 0.294 e. The number of carbonyl (C=O) groups excluding carboxylic acids is 1. The van der Waals surface area contributed by atoms with Crippen molar-refractivity contribution in [3.63, 3.8) is 0 Å². The molecule has 0 spiro atoms. The number of aromatic nitrogens is 5. The van der Waals surface area contributed by atoms with E-state index in [2.05, 4.69) is 29.0 Å². The van der Waals surface area contributed by atoms with E-state index in [0.29, 0.717) is 18.9 Å². The molecule has 2 rings (SSSR count). The zero-order valence-corrected chi connectivity index (χ0v) is 13.4. The maximum absolute atomic E-state index is 12.0.